The summed E-state index contributed by atoms with van der Waals surface area (Å²) in [5, 5.41) is 4.76. The monoisotopic (exact) mass is 302 g/mol. The van der Waals surface area contributed by atoms with E-state index in [0.29, 0.717) is 10.7 Å². The van der Waals surface area contributed by atoms with Crippen LogP contribution in [0.1, 0.15) is 17.1 Å². The topological polar surface area (TPSA) is 65.2 Å². The van der Waals surface area contributed by atoms with Crippen molar-refractivity contribution >= 4 is 17.5 Å². The average Bonchev–Trinajstić information content (AvgIpc) is 2.91. The van der Waals surface area contributed by atoms with Gasteiger partial charge in [0.25, 0.3) is 0 Å². The van der Waals surface area contributed by atoms with Crippen LogP contribution >= 0.6 is 11.6 Å². The second-order valence-electron chi connectivity index (χ2n) is 5.00. The number of benzene rings is 1. The zero-order valence-electron chi connectivity index (χ0n) is 12.0. The molecule has 0 aliphatic carbocycles. The number of nitrogen functional groups attached to an aromatic ring is 1. The first kappa shape index (κ1) is 13.8. The van der Waals surface area contributed by atoms with Crippen molar-refractivity contribution in [3.8, 4) is 22.4 Å². The molecule has 0 unspecified atom stereocenters. The first-order chi connectivity index (χ1) is 9.99. The van der Waals surface area contributed by atoms with Gasteiger partial charge in [0.2, 0.25) is 5.88 Å². The summed E-state index contributed by atoms with van der Waals surface area (Å²) in [7, 11) is 0. The maximum atomic E-state index is 6.07. The van der Waals surface area contributed by atoms with Gasteiger partial charge in [-0.2, -0.15) is 0 Å². The van der Waals surface area contributed by atoms with Gasteiger partial charge in [0.1, 0.15) is 17.2 Å². The van der Waals surface area contributed by atoms with E-state index in [2.05, 4.69) is 5.16 Å². The zero-order chi connectivity index (χ0) is 15.1. The summed E-state index contributed by atoms with van der Waals surface area (Å²) in [6.07, 6.45) is 0. The molecule has 3 aromatic rings. The molecular formula is C16H15ClN2O2. The molecule has 0 saturated carbocycles. The number of furan rings is 1. The fourth-order valence-electron chi connectivity index (χ4n) is 2.54. The molecule has 2 heterocycles. The summed E-state index contributed by atoms with van der Waals surface area (Å²) in [5.74, 6) is 1.92. The smallest absolute Gasteiger partial charge is 0.230 e. The van der Waals surface area contributed by atoms with Crippen molar-refractivity contribution in [2.45, 2.75) is 20.8 Å². The highest BCUT2D eigenvalue weighted by atomic mass is 35.5. The Labute approximate surface area is 127 Å². The number of hydrogen-bond acceptors (Lipinski definition) is 4. The van der Waals surface area contributed by atoms with Crippen molar-refractivity contribution in [1.29, 1.82) is 0 Å². The van der Waals surface area contributed by atoms with Crippen molar-refractivity contribution in [3.05, 3.63) is 46.4 Å². The van der Waals surface area contributed by atoms with Crippen LogP contribution in [-0.4, -0.2) is 5.16 Å². The SMILES string of the molecule is Cc1oc(C)c(-c2noc(N)c2-c2cccc(Cl)c2)c1C. The third-order valence-electron chi connectivity index (χ3n) is 3.63. The van der Waals surface area contributed by atoms with Gasteiger partial charge in [0.15, 0.2) is 0 Å². The summed E-state index contributed by atoms with van der Waals surface area (Å²) >= 11 is 6.07. The van der Waals surface area contributed by atoms with Gasteiger partial charge in [0, 0.05) is 10.6 Å². The molecule has 2 aromatic heterocycles. The molecule has 0 fully saturated rings. The first-order valence-electron chi connectivity index (χ1n) is 6.57. The molecule has 2 N–H and O–H groups in total. The molecule has 0 radical (unpaired) electrons. The van der Waals surface area contributed by atoms with Gasteiger partial charge in [0.05, 0.1) is 5.56 Å². The van der Waals surface area contributed by atoms with Crippen LogP contribution in [0.4, 0.5) is 5.88 Å². The minimum atomic E-state index is 0.268. The molecule has 0 atom stereocenters. The Bertz CT molecular complexity index is 818. The quantitative estimate of drug-likeness (QED) is 0.741. The van der Waals surface area contributed by atoms with Gasteiger partial charge in [-0.05, 0) is 44.0 Å². The Balaban J connectivity index is 2.27. The second kappa shape index (κ2) is 4.97. The Morgan fingerprint density at radius 3 is 2.48 bits per heavy atom. The van der Waals surface area contributed by atoms with Crippen molar-refractivity contribution in [2.24, 2.45) is 0 Å². The van der Waals surface area contributed by atoms with Gasteiger partial charge in [-0.1, -0.05) is 28.9 Å². The van der Waals surface area contributed by atoms with Crippen molar-refractivity contribution < 1.29 is 8.94 Å². The van der Waals surface area contributed by atoms with Crippen molar-refractivity contribution in [3.63, 3.8) is 0 Å². The lowest BCUT2D eigenvalue weighted by atomic mass is 9.98. The largest absolute Gasteiger partial charge is 0.466 e. The second-order valence-corrected chi connectivity index (χ2v) is 5.43. The molecule has 3 rings (SSSR count). The lowest BCUT2D eigenvalue weighted by molar-refractivity contribution is 0.439. The molecule has 5 heteroatoms. The van der Waals surface area contributed by atoms with E-state index in [0.717, 1.165) is 33.8 Å². The number of nitrogens with zero attached hydrogens (tertiary/aromatic N) is 1. The highest BCUT2D eigenvalue weighted by Gasteiger charge is 2.23. The van der Waals surface area contributed by atoms with E-state index in [1.807, 2.05) is 45.0 Å². The fraction of sp³-hybridized carbons (Fsp3) is 0.188. The summed E-state index contributed by atoms with van der Waals surface area (Å²) < 4.78 is 10.9. The standard InChI is InChI=1S/C16H15ClN2O2/c1-8-9(2)20-10(3)13(8)15-14(16(18)21-19-15)11-5-4-6-12(17)7-11/h4-7H,18H2,1-3H3. The molecule has 108 valence electrons. The van der Waals surface area contributed by atoms with E-state index in [1.165, 1.54) is 0 Å². The van der Waals surface area contributed by atoms with E-state index in [-0.39, 0.29) is 5.88 Å². The van der Waals surface area contributed by atoms with Crippen molar-refractivity contribution in [2.75, 3.05) is 5.73 Å². The third kappa shape index (κ3) is 2.21. The van der Waals surface area contributed by atoms with Gasteiger partial charge in [-0.3, -0.25) is 0 Å². The van der Waals surface area contributed by atoms with Crippen LogP contribution in [0.5, 0.6) is 0 Å². The summed E-state index contributed by atoms with van der Waals surface area (Å²) in [4.78, 5) is 0. The Kier molecular flexibility index (Phi) is 3.26. The van der Waals surface area contributed by atoms with Crippen LogP contribution in [0, 0.1) is 20.8 Å². The minimum Gasteiger partial charge on any atom is -0.466 e. The van der Waals surface area contributed by atoms with Crippen LogP contribution < -0.4 is 5.73 Å². The summed E-state index contributed by atoms with van der Waals surface area (Å²) in [6.45, 7) is 5.82. The van der Waals surface area contributed by atoms with Crippen LogP contribution in [0.2, 0.25) is 5.02 Å². The predicted molar refractivity (Wildman–Crippen MR) is 83.3 cm³/mol. The zero-order valence-corrected chi connectivity index (χ0v) is 12.8. The van der Waals surface area contributed by atoms with Crippen molar-refractivity contribution in [1.82, 2.24) is 5.16 Å². The molecular weight excluding hydrogens is 288 g/mol. The van der Waals surface area contributed by atoms with Crippen LogP contribution in [0.3, 0.4) is 0 Å². The van der Waals surface area contributed by atoms with Gasteiger partial charge >= 0.3 is 0 Å². The molecule has 21 heavy (non-hydrogen) atoms. The van der Waals surface area contributed by atoms with E-state index in [1.54, 1.807) is 0 Å². The molecule has 4 nitrogen and oxygen atoms in total. The highest BCUT2D eigenvalue weighted by molar-refractivity contribution is 6.30. The fourth-order valence-corrected chi connectivity index (χ4v) is 2.73. The third-order valence-corrected chi connectivity index (χ3v) is 3.87. The normalized spacial score (nSPS) is 11.0. The van der Waals surface area contributed by atoms with E-state index in [4.69, 9.17) is 26.3 Å². The molecule has 0 saturated heterocycles. The van der Waals surface area contributed by atoms with Gasteiger partial charge in [-0.15, -0.1) is 0 Å². The Morgan fingerprint density at radius 2 is 1.86 bits per heavy atom. The predicted octanol–water partition coefficient (Wildman–Crippen LogP) is 4.76. The Morgan fingerprint density at radius 1 is 1.10 bits per heavy atom. The number of rotatable bonds is 2. The van der Waals surface area contributed by atoms with E-state index in [9.17, 15) is 0 Å². The maximum absolute atomic E-state index is 6.07. The molecule has 1 aromatic carbocycles. The Hall–Kier alpha value is -2.20. The summed E-state index contributed by atoms with van der Waals surface area (Å²) in [6, 6.07) is 7.45. The average molecular weight is 303 g/mol. The summed E-state index contributed by atoms with van der Waals surface area (Å²) in [5.41, 5.74) is 10.2. The number of halogens is 1. The minimum absolute atomic E-state index is 0.268. The number of anilines is 1. The number of aryl methyl sites for hydroxylation is 2. The lowest BCUT2D eigenvalue weighted by Gasteiger charge is -2.03. The van der Waals surface area contributed by atoms with Crippen LogP contribution in [-0.2, 0) is 0 Å². The van der Waals surface area contributed by atoms with Gasteiger partial charge < -0.3 is 14.7 Å². The lowest BCUT2D eigenvalue weighted by Crippen LogP contribution is -1.89. The molecule has 0 aliphatic rings. The van der Waals surface area contributed by atoms with Crippen LogP contribution in [0.25, 0.3) is 22.4 Å². The van der Waals surface area contributed by atoms with Crippen LogP contribution in [0.15, 0.2) is 33.2 Å². The van der Waals surface area contributed by atoms with E-state index >= 15 is 0 Å². The molecule has 0 spiro atoms. The first-order valence-corrected chi connectivity index (χ1v) is 6.95. The molecule has 0 amide bonds. The highest BCUT2D eigenvalue weighted by Crippen LogP contribution is 2.40. The number of hydrogen-bond donors (Lipinski definition) is 1. The number of nitrogens with two attached hydrogens (primary N) is 1. The molecule has 0 aliphatic heterocycles. The van der Waals surface area contributed by atoms with Gasteiger partial charge in [-0.25, -0.2) is 0 Å². The maximum Gasteiger partial charge on any atom is 0.230 e. The molecule has 0 bridgehead atoms. The number of aromatic nitrogens is 1. The van der Waals surface area contributed by atoms with E-state index < -0.39 is 0 Å².